The maximum atomic E-state index is 12.7. The molecule has 1 aromatic heterocycles. The lowest BCUT2D eigenvalue weighted by Gasteiger charge is -2.08. The molecule has 0 bridgehead atoms. The molecule has 0 aliphatic heterocycles. The summed E-state index contributed by atoms with van der Waals surface area (Å²) in [4.78, 5) is 12.7. The van der Waals surface area contributed by atoms with Gasteiger partial charge in [0.25, 0.3) is 5.91 Å². The van der Waals surface area contributed by atoms with Crippen molar-refractivity contribution in [1.29, 1.82) is 0 Å². The van der Waals surface area contributed by atoms with Gasteiger partial charge in [-0.2, -0.15) is 0 Å². The van der Waals surface area contributed by atoms with E-state index in [4.69, 9.17) is 4.74 Å². The Morgan fingerprint density at radius 1 is 1.21 bits per heavy atom. The summed E-state index contributed by atoms with van der Waals surface area (Å²) in [6.07, 6.45) is 4.63. The lowest BCUT2D eigenvalue weighted by Crippen LogP contribution is -2.13. The predicted octanol–water partition coefficient (Wildman–Crippen LogP) is 3.58. The van der Waals surface area contributed by atoms with Crippen LogP contribution < -0.4 is 5.32 Å². The summed E-state index contributed by atoms with van der Waals surface area (Å²) >= 11 is 0. The first-order chi connectivity index (χ1) is 11.6. The molecule has 0 spiro atoms. The highest BCUT2D eigenvalue weighted by molar-refractivity contribution is 6.05. The van der Waals surface area contributed by atoms with Gasteiger partial charge in [-0.1, -0.05) is 6.07 Å². The molecule has 24 heavy (non-hydrogen) atoms. The van der Waals surface area contributed by atoms with E-state index in [1.54, 1.807) is 7.11 Å². The molecule has 1 aromatic carbocycles. The SMILES string of the molecule is CO[C@H]1Cc2ccc(NC(=O)c3cc(C4CC4)n(C)c3C)cc2C1. The number of hydrogen-bond acceptors (Lipinski definition) is 2. The second-order valence-corrected chi connectivity index (χ2v) is 7.11. The zero-order chi connectivity index (χ0) is 16.8. The summed E-state index contributed by atoms with van der Waals surface area (Å²) in [6.45, 7) is 2.02. The quantitative estimate of drug-likeness (QED) is 0.934. The fraction of sp³-hybridized carbons (Fsp3) is 0.450. The third-order valence-electron chi connectivity index (χ3n) is 5.51. The molecular weight excluding hydrogens is 300 g/mol. The van der Waals surface area contributed by atoms with Gasteiger partial charge in [0.1, 0.15) is 0 Å². The van der Waals surface area contributed by atoms with Gasteiger partial charge in [0.05, 0.1) is 11.7 Å². The fourth-order valence-corrected chi connectivity index (χ4v) is 3.74. The third kappa shape index (κ3) is 2.65. The van der Waals surface area contributed by atoms with Gasteiger partial charge in [-0.3, -0.25) is 4.79 Å². The maximum absolute atomic E-state index is 12.7. The summed E-state index contributed by atoms with van der Waals surface area (Å²) in [5, 5.41) is 3.07. The van der Waals surface area contributed by atoms with Crippen molar-refractivity contribution in [3.8, 4) is 0 Å². The Morgan fingerprint density at radius 2 is 1.96 bits per heavy atom. The Morgan fingerprint density at radius 3 is 2.67 bits per heavy atom. The van der Waals surface area contributed by atoms with Gasteiger partial charge in [-0.25, -0.2) is 0 Å². The van der Waals surface area contributed by atoms with Crippen LogP contribution in [-0.2, 0) is 24.6 Å². The van der Waals surface area contributed by atoms with Crippen LogP contribution in [0.5, 0.6) is 0 Å². The lowest BCUT2D eigenvalue weighted by atomic mass is 10.1. The summed E-state index contributed by atoms with van der Waals surface area (Å²) in [7, 11) is 3.81. The lowest BCUT2D eigenvalue weighted by molar-refractivity contribution is 0.102. The Bertz CT molecular complexity index is 802. The number of anilines is 1. The third-order valence-corrected chi connectivity index (χ3v) is 5.51. The van der Waals surface area contributed by atoms with E-state index in [-0.39, 0.29) is 12.0 Å². The molecule has 2 aromatic rings. The van der Waals surface area contributed by atoms with Crippen LogP contribution in [0.2, 0.25) is 0 Å². The molecule has 0 unspecified atom stereocenters. The van der Waals surface area contributed by atoms with Gasteiger partial charge in [0.2, 0.25) is 0 Å². The molecule has 1 N–H and O–H groups in total. The largest absolute Gasteiger partial charge is 0.381 e. The highest BCUT2D eigenvalue weighted by atomic mass is 16.5. The minimum Gasteiger partial charge on any atom is -0.381 e. The number of carbonyl (C=O) groups is 1. The van der Waals surface area contributed by atoms with E-state index in [0.29, 0.717) is 5.92 Å². The van der Waals surface area contributed by atoms with Crippen LogP contribution in [0.4, 0.5) is 5.69 Å². The average Bonchev–Trinajstić information content (AvgIpc) is 3.26. The van der Waals surface area contributed by atoms with Crippen LogP contribution >= 0.6 is 0 Å². The molecule has 2 aliphatic rings. The number of hydrogen-bond donors (Lipinski definition) is 1. The Balaban J connectivity index is 1.54. The molecule has 4 nitrogen and oxygen atoms in total. The molecule has 1 atom stereocenters. The molecule has 2 aliphatic carbocycles. The number of fused-ring (bicyclic) bond motifs is 1. The minimum absolute atomic E-state index is 0.0174. The number of rotatable bonds is 4. The summed E-state index contributed by atoms with van der Waals surface area (Å²) < 4.78 is 7.62. The number of nitrogens with zero attached hydrogens (tertiary/aromatic N) is 1. The highest BCUT2D eigenvalue weighted by Crippen LogP contribution is 2.41. The zero-order valence-corrected chi connectivity index (χ0v) is 14.6. The Labute approximate surface area is 142 Å². The molecule has 1 saturated carbocycles. The smallest absolute Gasteiger partial charge is 0.257 e. The van der Waals surface area contributed by atoms with Crippen molar-refractivity contribution in [2.75, 3.05) is 12.4 Å². The van der Waals surface area contributed by atoms with Crippen LogP contribution in [0.15, 0.2) is 24.3 Å². The number of benzene rings is 1. The first-order valence-electron chi connectivity index (χ1n) is 8.69. The molecule has 126 valence electrons. The molecule has 1 heterocycles. The fourth-order valence-electron chi connectivity index (χ4n) is 3.74. The number of nitrogens with one attached hydrogen (secondary N) is 1. The Kier molecular flexibility index (Phi) is 3.72. The van der Waals surface area contributed by atoms with Crippen molar-refractivity contribution >= 4 is 11.6 Å². The molecule has 0 radical (unpaired) electrons. The highest BCUT2D eigenvalue weighted by Gasteiger charge is 2.29. The van der Waals surface area contributed by atoms with Crippen LogP contribution in [0, 0.1) is 6.92 Å². The second-order valence-electron chi connectivity index (χ2n) is 7.11. The predicted molar refractivity (Wildman–Crippen MR) is 94.7 cm³/mol. The van der Waals surface area contributed by atoms with E-state index >= 15 is 0 Å². The van der Waals surface area contributed by atoms with Crippen LogP contribution in [0.1, 0.15) is 51.6 Å². The first-order valence-corrected chi connectivity index (χ1v) is 8.69. The Hall–Kier alpha value is -2.07. The summed E-state index contributed by atoms with van der Waals surface area (Å²) in [5.74, 6) is 0.623. The van der Waals surface area contributed by atoms with Crippen molar-refractivity contribution in [3.05, 3.63) is 52.3 Å². The van der Waals surface area contributed by atoms with Crippen molar-refractivity contribution in [2.24, 2.45) is 7.05 Å². The molecule has 0 saturated heterocycles. The second kappa shape index (κ2) is 5.78. The van der Waals surface area contributed by atoms with Gasteiger partial charge >= 0.3 is 0 Å². The van der Waals surface area contributed by atoms with Crippen LogP contribution in [0.3, 0.4) is 0 Å². The van der Waals surface area contributed by atoms with Crippen molar-refractivity contribution in [1.82, 2.24) is 4.57 Å². The number of carbonyl (C=O) groups excluding carboxylic acids is 1. The van der Waals surface area contributed by atoms with Gasteiger partial charge in [-0.15, -0.1) is 0 Å². The van der Waals surface area contributed by atoms with E-state index in [1.807, 2.05) is 13.0 Å². The van der Waals surface area contributed by atoms with E-state index in [1.165, 1.54) is 29.7 Å². The minimum atomic E-state index is -0.0174. The normalized spacial score (nSPS) is 19.4. The topological polar surface area (TPSA) is 43.3 Å². The van der Waals surface area contributed by atoms with Gasteiger partial charge in [0.15, 0.2) is 0 Å². The van der Waals surface area contributed by atoms with Crippen molar-refractivity contribution in [3.63, 3.8) is 0 Å². The number of ether oxygens (including phenoxy) is 1. The van der Waals surface area contributed by atoms with E-state index in [9.17, 15) is 4.79 Å². The van der Waals surface area contributed by atoms with Gasteiger partial charge in [0, 0.05) is 31.2 Å². The van der Waals surface area contributed by atoms with Gasteiger partial charge < -0.3 is 14.6 Å². The van der Waals surface area contributed by atoms with Crippen LogP contribution in [0.25, 0.3) is 0 Å². The van der Waals surface area contributed by atoms with Gasteiger partial charge in [-0.05, 0) is 67.9 Å². The molecule has 1 amide bonds. The van der Waals surface area contributed by atoms with Crippen molar-refractivity contribution in [2.45, 2.75) is 44.6 Å². The van der Waals surface area contributed by atoms with E-state index in [2.05, 4.69) is 35.1 Å². The summed E-state index contributed by atoms with van der Waals surface area (Å²) in [5.41, 5.74) is 6.58. The monoisotopic (exact) mass is 324 g/mol. The van der Waals surface area contributed by atoms with Crippen LogP contribution in [-0.4, -0.2) is 23.7 Å². The number of aromatic nitrogens is 1. The molecule has 4 heteroatoms. The zero-order valence-electron chi connectivity index (χ0n) is 14.6. The molecular formula is C20H24N2O2. The van der Waals surface area contributed by atoms with E-state index in [0.717, 1.165) is 29.8 Å². The molecule has 4 rings (SSSR count). The van der Waals surface area contributed by atoms with E-state index < -0.39 is 0 Å². The summed E-state index contributed by atoms with van der Waals surface area (Å²) in [6, 6.07) is 8.26. The standard InChI is InChI=1S/C20H24N2O2/c1-12-18(11-19(22(12)2)13-4-5-13)20(23)21-16-7-6-14-9-17(24-3)10-15(14)8-16/h6-8,11,13,17H,4-5,9-10H2,1-3H3,(H,21,23)/t17-/m0/s1. The van der Waals surface area contributed by atoms with Crippen molar-refractivity contribution < 1.29 is 9.53 Å². The molecule has 1 fully saturated rings. The number of methoxy groups -OCH3 is 1. The number of amides is 1. The maximum Gasteiger partial charge on any atom is 0.257 e. The average molecular weight is 324 g/mol. The first kappa shape index (κ1) is 15.5.